The van der Waals surface area contributed by atoms with E-state index in [1.807, 2.05) is 67.7 Å². The lowest BCUT2D eigenvalue weighted by molar-refractivity contribution is 0.262. The minimum absolute atomic E-state index is 0.170. The summed E-state index contributed by atoms with van der Waals surface area (Å²) in [5.74, 6) is 1.34. The second-order valence-electron chi connectivity index (χ2n) is 10.9. The average molecular weight is 522 g/mol. The first-order chi connectivity index (χ1) is 18.8. The molecular weight excluding hydrogens is 490 g/mol. The molecule has 0 unspecified atom stereocenters. The summed E-state index contributed by atoms with van der Waals surface area (Å²) in [6.45, 7) is 8.29. The van der Waals surface area contributed by atoms with E-state index in [0.717, 1.165) is 46.9 Å². The zero-order chi connectivity index (χ0) is 27.1. The van der Waals surface area contributed by atoms with Crippen molar-refractivity contribution in [1.29, 1.82) is 0 Å². The highest BCUT2D eigenvalue weighted by Gasteiger charge is 2.24. The van der Waals surface area contributed by atoms with Crippen LogP contribution in [0.5, 0.6) is 0 Å². The summed E-state index contributed by atoms with van der Waals surface area (Å²) in [5, 5.41) is 18.5. The lowest BCUT2D eigenvalue weighted by atomic mass is 9.92. The van der Waals surface area contributed by atoms with Crippen LogP contribution >= 0.6 is 0 Å². The number of carbonyl (C=O) groups is 1. The van der Waals surface area contributed by atoms with Crippen molar-refractivity contribution in [2.75, 3.05) is 16.0 Å². The Hall–Kier alpha value is -4.73. The van der Waals surface area contributed by atoms with Crippen LogP contribution in [-0.4, -0.2) is 41.4 Å². The number of anilines is 3. The van der Waals surface area contributed by atoms with Crippen LogP contribution < -0.4 is 16.0 Å². The van der Waals surface area contributed by atoms with E-state index < -0.39 is 0 Å². The number of amides is 2. The molecule has 1 fully saturated rings. The largest absolute Gasteiger partial charge is 0.364 e. The molecule has 3 N–H and O–H groups in total. The van der Waals surface area contributed by atoms with Gasteiger partial charge in [-0.25, -0.2) is 24.0 Å². The van der Waals surface area contributed by atoms with E-state index in [0.29, 0.717) is 23.2 Å². The van der Waals surface area contributed by atoms with Crippen LogP contribution in [0.15, 0.2) is 67.1 Å². The van der Waals surface area contributed by atoms with Crippen molar-refractivity contribution in [2.45, 2.75) is 52.0 Å². The van der Waals surface area contributed by atoms with Gasteiger partial charge in [0.15, 0.2) is 11.5 Å². The minimum Gasteiger partial charge on any atom is -0.364 e. The molecule has 0 spiro atoms. The van der Waals surface area contributed by atoms with Crippen molar-refractivity contribution in [3.8, 4) is 16.9 Å². The molecule has 0 radical (unpaired) electrons. The van der Waals surface area contributed by atoms with Gasteiger partial charge in [-0.05, 0) is 49.6 Å². The molecule has 10 heteroatoms. The van der Waals surface area contributed by atoms with Gasteiger partial charge in [-0.3, -0.25) is 5.32 Å². The molecule has 0 aliphatic heterocycles. The maximum atomic E-state index is 13.1. The first-order valence-corrected chi connectivity index (χ1v) is 13.1. The number of rotatable bonds is 6. The van der Waals surface area contributed by atoms with Gasteiger partial charge in [0.05, 0.1) is 23.3 Å². The summed E-state index contributed by atoms with van der Waals surface area (Å²) in [4.78, 5) is 22.1. The third kappa shape index (κ3) is 5.05. The number of aryl methyl sites for hydroxylation is 1. The average Bonchev–Trinajstić information content (AvgIpc) is 3.39. The smallest absolute Gasteiger partial charge is 0.324 e. The Balaban J connectivity index is 1.23. The summed E-state index contributed by atoms with van der Waals surface area (Å²) in [6.07, 6.45) is 5.65. The Morgan fingerprint density at radius 2 is 1.79 bits per heavy atom. The number of para-hydroxylation sites is 1. The van der Waals surface area contributed by atoms with Crippen LogP contribution in [0.1, 0.15) is 44.9 Å². The third-order valence-electron chi connectivity index (χ3n) is 6.70. The number of hydrogen-bond donors (Lipinski definition) is 3. The predicted molar refractivity (Wildman–Crippen MR) is 153 cm³/mol. The number of carbonyl (C=O) groups excluding carboxylic acids is 1. The molecule has 2 amide bonds. The van der Waals surface area contributed by atoms with Gasteiger partial charge < -0.3 is 10.6 Å². The van der Waals surface area contributed by atoms with Crippen molar-refractivity contribution in [1.82, 2.24) is 29.4 Å². The maximum Gasteiger partial charge on any atom is 0.324 e. The number of benzene rings is 2. The summed E-state index contributed by atoms with van der Waals surface area (Å²) in [7, 11) is 0. The molecule has 1 aliphatic carbocycles. The van der Waals surface area contributed by atoms with Crippen molar-refractivity contribution in [2.24, 2.45) is 0 Å². The molecule has 1 aliphatic rings. The molecule has 3 aromatic heterocycles. The predicted octanol–water partition coefficient (Wildman–Crippen LogP) is 5.80. The monoisotopic (exact) mass is 521 g/mol. The summed E-state index contributed by atoms with van der Waals surface area (Å²) < 4.78 is 3.56. The van der Waals surface area contributed by atoms with Crippen LogP contribution in [-0.2, 0) is 5.41 Å². The molecule has 0 atom stereocenters. The van der Waals surface area contributed by atoms with Gasteiger partial charge >= 0.3 is 6.03 Å². The van der Waals surface area contributed by atoms with Gasteiger partial charge in [0.1, 0.15) is 12.1 Å². The molecule has 6 rings (SSSR count). The zero-order valence-corrected chi connectivity index (χ0v) is 22.4. The second-order valence-corrected chi connectivity index (χ2v) is 10.9. The fourth-order valence-electron chi connectivity index (χ4n) is 4.43. The lowest BCUT2D eigenvalue weighted by Crippen LogP contribution is -2.21. The van der Waals surface area contributed by atoms with Crippen LogP contribution in [0.4, 0.5) is 22.1 Å². The molecule has 3 heterocycles. The minimum atomic E-state index is -0.351. The van der Waals surface area contributed by atoms with Gasteiger partial charge in [-0.15, -0.1) is 0 Å². The van der Waals surface area contributed by atoms with E-state index in [1.54, 1.807) is 15.5 Å². The normalized spacial score (nSPS) is 13.4. The first kappa shape index (κ1) is 24.6. The van der Waals surface area contributed by atoms with E-state index in [1.165, 1.54) is 0 Å². The number of fused-ring (bicyclic) bond motifs is 1. The number of aromatic nitrogens is 6. The Morgan fingerprint density at radius 1 is 1.00 bits per heavy atom. The molecule has 0 bridgehead atoms. The van der Waals surface area contributed by atoms with Gasteiger partial charge in [-0.2, -0.15) is 10.2 Å². The van der Waals surface area contributed by atoms with E-state index in [9.17, 15) is 4.79 Å². The molecule has 1 saturated carbocycles. The highest BCUT2D eigenvalue weighted by Crippen LogP contribution is 2.30. The molecule has 198 valence electrons. The van der Waals surface area contributed by atoms with Crippen LogP contribution in [0.2, 0.25) is 0 Å². The van der Waals surface area contributed by atoms with E-state index in [-0.39, 0.29) is 11.4 Å². The summed E-state index contributed by atoms with van der Waals surface area (Å²) in [6, 6.07) is 17.6. The Labute approximate surface area is 226 Å². The van der Waals surface area contributed by atoms with Crippen LogP contribution in [0, 0.1) is 6.92 Å². The molecule has 10 nitrogen and oxygen atoms in total. The molecule has 0 saturated heterocycles. The maximum absolute atomic E-state index is 13.1. The summed E-state index contributed by atoms with van der Waals surface area (Å²) >= 11 is 0. The van der Waals surface area contributed by atoms with Gasteiger partial charge in [-0.1, -0.05) is 45.0 Å². The highest BCUT2D eigenvalue weighted by molar-refractivity contribution is 5.99. The Bertz CT molecular complexity index is 1660. The van der Waals surface area contributed by atoms with Crippen LogP contribution in [0.25, 0.3) is 22.6 Å². The van der Waals surface area contributed by atoms with E-state index in [4.69, 9.17) is 5.10 Å². The van der Waals surface area contributed by atoms with E-state index in [2.05, 4.69) is 51.8 Å². The molecule has 5 aromatic rings. The fraction of sp³-hybridized carbons (Fsp3) is 0.276. The standard InChI is InChI=1S/C29H31N9O/c1-18-14-20(12-13-22(18)23-16-30-26(33-19-10-11-19)27-31-17-32-38(23)27)34-28(39)35-25-15-24(29(2,3)4)36-37(25)21-8-6-5-7-9-21/h5-9,12-17,19H,10-11H2,1-4H3,(H,30,33)(H2,34,35,39). The summed E-state index contributed by atoms with van der Waals surface area (Å²) in [5.41, 5.74) is 5.71. The van der Waals surface area contributed by atoms with Gasteiger partial charge in [0, 0.05) is 28.8 Å². The molecular formula is C29H31N9O. The highest BCUT2D eigenvalue weighted by atomic mass is 16.2. The van der Waals surface area contributed by atoms with Crippen LogP contribution in [0.3, 0.4) is 0 Å². The van der Waals surface area contributed by atoms with E-state index >= 15 is 0 Å². The fourth-order valence-corrected chi connectivity index (χ4v) is 4.43. The number of nitrogens with one attached hydrogen (secondary N) is 3. The topological polar surface area (TPSA) is 114 Å². The first-order valence-electron chi connectivity index (χ1n) is 13.1. The van der Waals surface area contributed by atoms with Gasteiger partial charge in [0.25, 0.3) is 0 Å². The zero-order valence-electron chi connectivity index (χ0n) is 22.4. The Kier molecular flexibility index (Phi) is 6.02. The van der Waals surface area contributed by atoms with Crippen molar-refractivity contribution >= 4 is 29.0 Å². The third-order valence-corrected chi connectivity index (χ3v) is 6.70. The Morgan fingerprint density at radius 3 is 2.51 bits per heavy atom. The lowest BCUT2D eigenvalue weighted by Gasteiger charge is -2.14. The number of urea groups is 1. The number of nitrogens with zero attached hydrogens (tertiary/aromatic N) is 6. The van der Waals surface area contributed by atoms with Crippen molar-refractivity contribution < 1.29 is 4.79 Å². The molecule has 2 aromatic carbocycles. The van der Waals surface area contributed by atoms with Crippen molar-refractivity contribution in [3.05, 3.63) is 78.4 Å². The quantitative estimate of drug-likeness (QED) is 0.260. The molecule has 39 heavy (non-hydrogen) atoms. The number of hydrogen-bond acceptors (Lipinski definition) is 6. The second kappa shape index (κ2) is 9.54. The van der Waals surface area contributed by atoms with Gasteiger partial charge in [0.2, 0.25) is 0 Å². The SMILES string of the molecule is Cc1cc(NC(=O)Nc2cc(C(C)(C)C)nn2-c2ccccc2)ccc1-c1cnc(NC2CC2)c2ncnn12. The van der Waals surface area contributed by atoms with Crippen molar-refractivity contribution in [3.63, 3.8) is 0 Å².